The van der Waals surface area contributed by atoms with Gasteiger partial charge in [0.1, 0.15) is 5.82 Å². The van der Waals surface area contributed by atoms with Gasteiger partial charge in [-0.05, 0) is 12.1 Å². The third-order valence-corrected chi connectivity index (χ3v) is 1.09. The monoisotopic (exact) mass is 138 g/mol. The number of H-pyrrole nitrogens is 1. The molecule has 1 heterocycles. The van der Waals surface area contributed by atoms with Crippen LogP contribution in [0.5, 0.6) is 0 Å². The molecule has 0 radical (unpaired) electrons. The maximum Gasteiger partial charge on any atom is 0.260 e. The number of carbonyl (C=O) groups is 1. The fourth-order valence-electron chi connectivity index (χ4n) is 0.593. The van der Waals surface area contributed by atoms with Crippen molar-refractivity contribution in [1.29, 1.82) is 0 Å². The van der Waals surface area contributed by atoms with Crippen molar-refractivity contribution in [3.05, 3.63) is 28.0 Å². The molecule has 10 heavy (non-hydrogen) atoms. The highest BCUT2D eigenvalue weighted by molar-refractivity contribution is 5.74. The molecule has 0 atom stereocenters. The largest absolute Gasteiger partial charge is 0.385 e. The molecule has 0 saturated carbocycles. The van der Waals surface area contributed by atoms with Gasteiger partial charge in [-0.15, -0.1) is 0 Å². The number of aldehydes is 1. The molecule has 1 aromatic rings. The number of aromatic amines is 1. The molecule has 4 nitrogen and oxygen atoms in total. The van der Waals surface area contributed by atoms with Crippen molar-refractivity contribution in [2.75, 3.05) is 5.73 Å². The highest BCUT2D eigenvalue weighted by Crippen LogP contribution is 1.91. The topological polar surface area (TPSA) is 76.0 Å². The van der Waals surface area contributed by atoms with Gasteiger partial charge >= 0.3 is 0 Å². The summed E-state index contributed by atoms with van der Waals surface area (Å²) in [5.41, 5.74) is 4.85. The van der Waals surface area contributed by atoms with Crippen molar-refractivity contribution in [1.82, 2.24) is 4.98 Å². The van der Waals surface area contributed by atoms with Crippen LogP contribution in [0.3, 0.4) is 0 Å². The van der Waals surface area contributed by atoms with Crippen LogP contribution in [-0.4, -0.2) is 11.3 Å². The molecule has 1 rings (SSSR count). The molecule has 0 saturated heterocycles. The van der Waals surface area contributed by atoms with E-state index in [9.17, 15) is 9.59 Å². The normalized spacial score (nSPS) is 9.20. The van der Waals surface area contributed by atoms with Gasteiger partial charge in [0.15, 0.2) is 6.29 Å². The molecule has 0 bridgehead atoms. The Labute approximate surface area is 56.7 Å². The van der Waals surface area contributed by atoms with E-state index < -0.39 is 5.56 Å². The highest BCUT2D eigenvalue weighted by atomic mass is 16.1. The lowest BCUT2D eigenvalue weighted by Crippen LogP contribution is -2.12. The van der Waals surface area contributed by atoms with E-state index in [0.717, 1.165) is 0 Å². The lowest BCUT2D eigenvalue weighted by Gasteiger charge is -1.90. The Hall–Kier alpha value is -1.58. The Morgan fingerprint density at radius 1 is 1.50 bits per heavy atom. The molecule has 0 aliphatic heterocycles. The number of nitrogen functional groups attached to an aromatic ring is 1. The maximum absolute atomic E-state index is 10.7. The third-order valence-electron chi connectivity index (χ3n) is 1.09. The predicted octanol–water partition coefficient (Wildman–Crippen LogP) is -0.230. The summed E-state index contributed by atoms with van der Waals surface area (Å²) in [6, 6.07) is 2.84. The van der Waals surface area contributed by atoms with E-state index in [1.54, 1.807) is 0 Å². The van der Waals surface area contributed by atoms with E-state index in [2.05, 4.69) is 4.98 Å². The molecule has 3 N–H and O–H groups in total. The van der Waals surface area contributed by atoms with E-state index >= 15 is 0 Å². The summed E-state index contributed by atoms with van der Waals surface area (Å²) in [6.07, 6.45) is 0.484. The van der Waals surface area contributed by atoms with Gasteiger partial charge in [0, 0.05) is 0 Å². The van der Waals surface area contributed by atoms with Gasteiger partial charge in [0.05, 0.1) is 5.56 Å². The maximum atomic E-state index is 10.7. The van der Waals surface area contributed by atoms with Crippen LogP contribution >= 0.6 is 0 Å². The fourth-order valence-corrected chi connectivity index (χ4v) is 0.593. The van der Waals surface area contributed by atoms with E-state index in [-0.39, 0.29) is 11.4 Å². The van der Waals surface area contributed by atoms with E-state index in [4.69, 9.17) is 5.73 Å². The minimum absolute atomic E-state index is 0.0919. The van der Waals surface area contributed by atoms with Gasteiger partial charge < -0.3 is 10.7 Å². The van der Waals surface area contributed by atoms with Gasteiger partial charge in [0.2, 0.25) is 0 Å². The highest BCUT2D eigenvalue weighted by Gasteiger charge is 1.94. The number of anilines is 1. The zero-order valence-electron chi connectivity index (χ0n) is 5.13. The Morgan fingerprint density at radius 2 is 2.20 bits per heavy atom. The van der Waals surface area contributed by atoms with E-state index in [1.165, 1.54) is 12.1 Å². The van der Waals surface area contributed by atoms with Crippen LogP contribution in [0.4, 0.5) is 5.82 Å². The van der Waals surface area contributed by atoms with Crippen LogP contribution in [0.15, 0.2) is 16.9 Å². The first-order valence-corrected chi connectivity index (χ1v) is 2.68. The Morgan fingerprint density at radius 3 is 2.70 bits per heavy atom. The van der Waals surface area contributed by atoms with Crippen molar-refractivity contribution in [3.8, 4) is 0 Å². The second-order valence-corrected chi connectivity index (χ2v) is 1.82. The van der Waals surface area contributed by atoms with Crippen LogP contribution in [0.25, 0.3) is 0 Å². The minimum Gasteiger partial charge on any atom is -0.385 e. The number of carbonyl (C=O) groups excluding carboxylic acids is 1. The summed E-state index contributed by atoms with van der Waals surface area (Å²) in [5.74, 6) is 0.260. The minimum atomic E-state index is -0.449. The van der Waals surface area contributed by atoms with Crippen LogP contribution in [0.2, 0.25) is 0 Å². The Balaban J connectivity index is 3.33. The van der Waals surface area contributed by atoms with Gasteiger partial charge in [-0.25, -0.2) is 0 Å². The summed E-state index contributed by atoms with van der Waals surface area (Å²) >= 11 is 0. The van der Waals surface area contributed by atoms with Gasteiger partial charge in [-0.2, -0.15) is 0 Å². The van der Waals surface area contributed by atoms with Crippen LogP contribution in [0.1, 0.15) is 10.4 Å². The number of nitrogens with two attached hydrogens (primary N) is 1. The van der Waals surface area contributed by atoms with E-state index in [1.807, 2.05) is 0 Å². The molecule has 0 unspecified atom stereocenters. The van der Waals surface area contributed by atoms with Crippen LogP contribution in [0, 0.1) is 0 Å². The quantitative estimate of drug-likeness (QED) is 0.526. The standard InChI is InChI=1S/C6H6N2O2/c7-5-2-1-4(3-9)6(10)8-5/h1-3H,(H3,7,8,10). The van der Waals surface area contributed by atoms with Gasteiger partial charge in [-0.3, -0.25) is 9.59 Å². The van der Waals surface area contributed by atoms with Crippen molar-refractivity contribution in [2.45, 2.75) is 0 Å². The van der Waals surface area contributed by atoms with E-state index in [0.29, 0.717) is 6.29 Å². The summed E-state index contributed by atoms with van der Waals surface area (Å²) < 4.78 is 0. The molecular formula is C6H6N2O2. The van der Waals surface area contributed by atoms with Crippen LogP contribution in [-0.2, 0) is 0 Å². The molecule has 0 aliphatic rings. The molecule has 52 valence electrons. The number of hydrogen-bond donors (Lipinski definition) is 2. The molecule has 0 aromatic carbocycles. The summed E-state index contributed by atoms with van der Waals surface area (Å²) in [6.45, 7) is 0. The third kappa shape index (κ3) is 1.05. The van der Waals surface area contributed by atoms with Gasteiger partial charge in [-0.1, -0.05) is 0 Å². The smallest absolute Gasteiger partial charge is 0.260 e. The molecular weight excluding hydrogens is 132 g/mol. The average molecular weight is 138 g/mol. The first kappa shape index (κ1) is 6.54. The zero-order valence-corrected chi connectivity index (χ0v) is 5.13. The molecule has 0 spiro atoms. The van der Waals surface area contributed by atoms with Crippen LogP contribution < -0.4 is 11.3 Å². The van der Waals surface area contributed by atoms with Crippen molar-refractivity contribution >= 4 is 12.1 Å². The molecule has 0 aliphatic carbocycles. The lowest BCUT2D eigenvalue weighted by molar-refractivity contribution is 0.112. The molecule has 0 amide bonds. The Kier molecular flexibility index (Phi) is 1.53. The number of nitrogens with one attached hydrogen (secondary N) is 1. The summed E-state index contributed by atoms with van der Waals surface area (Å²) in [5, 5.41) is 0. The first-order chi connectivity index (χ1) is 4.74. The fraction of sp³-hybridized carbons (Fsp3) is 0. The molecule has 0 fully saturated rings. The van der Waals surface area contributed by atoms with Crippen molar-refractivity contribution in [3.63, 3.8) is 0 Å². The average Bonchev–Trinajstić information content (AvgIpc) is 1.88. The second-order valence-electron chi connectivity index (χ2n) is 1.82. The first-order valence-electron chi connectivity index (χ1n) is 2.68. The zero-order chi connectivity index (χ0) is 7.56. The lowest BCUT2D eigenvalue weighted by atomic mass is 10.3. The molecule has 1 aromatic heterocycles. The number of aromatic nitrogens is 1. The number of rotatable bonds is 1. The second kappa shape index (κ2) is 2.34. The summed E-state index contributed by atoms with van der Waals surface area (Å²) in [4.78, 5) is 23.1. The SMILES string of the molecule is Nc1ccc(C=O)c(=O)[nH]1. The van der Waals surface area contributed by atoms with Crippen molar-refractivity contribution < 1.29 is 4.79 Å². The van der Waals surface area contributed by atoms with Crippen molar-refractivity contribution in [2.24, 2.45) is 0 Å². The number of hydrogen-bond acceptors (Lipinski definition) is 3. The predicted molar refractivity (Wildman–Crippen MR) is 36.9 cm³/mol. The Bertz CT molecular complexity index is 303. The van der Waals surface area contributed by atoms with Gasteiger partial charge in [0.25, 0.3) is 5.56 Å². The molecule has 4 heteroatoms. The number of pyridine rings is 1. The summed E-state index contributed by atoms with van der Waals surface area (Å²) in [7, 11) is 0.